The Hall–Kier alpha value is -1.65. The van der Waals surface area contributed by atoms with E-state index in [0.29, 0.717) is 5.92 Å². The van der Waals surface area contributed by atoms with E-state index >= 15 is 0 Å². The van der Waals surface area contributed by atoms with Crippen molar-refractivity contribution in [3.8, 4) is 0 Å². The summed E-state index contributed by atoms with van der Waals surface area (Å²) in [4.78, 5) is 15.3. The van der Waals surface area contributed by atoms with Crippen LogP contribution in [-0.4, -0.2) is 23.9 Å². The van der Waals surface area contributed by atoms with Crippen molar-refractivity contribution in [1.82, 2.24) is 4.90 Å². The number of piperidine rings is 1. The van der Waals surface area contributed by atoms with Crippen molar-refractivity contribution in [2.45, 2.75) is 46.1 Å². The summed E-state index contributed by atoms with van der Waals surface area (Å²) in [5.41, 5.74) is 4.69. The summed E-state index contributed by atoms with van der Waals surface area (Å²) in [6.45, 7) is 9.31. The van der Waals surface area contributed by atoms with Crippen molar-refractivity contribution >= 4 is 27.5 Å². The first kappa shape index (κ1) is 20.1. The molecule has 1 aliphatic rings. The lowest BCUT2D eigenvalue weighted by atomic mass is 9.94. The van der Waals surface area contributed by atoms with Gasteiger partial charge in [-0.3, -0.25) is 9.69 Å². The monoisotopic (exact) mass is 428 g/mol. The number of rotatable bonds is 5. The minimum Gasteiger partial charge on any atom is -0.325 e. The third-order valence-corrected chi connectivity index (χ3v) is 5.98. The summed E-state index contributed by atoms with van der Waals surface area (Å²) in [6.07, 6.45) is 1.84. The highest BCUT2D eigenvalue weighted by atomic mass is 79.9. The molecule has 0 radical (unpaired) electrons. The Morgan fingerprint density at radius 2 is 1.81 bits per heavy atom. The third kappa shape index (κ3) is 5.20. The average molecular weight is 429 g/mol. The number of halogens is 1. The topological polar surface area (TPSA) is 32.3 Å². The van der Waals surface area contributed by atoms with Crippen LogP contribution in [0.2, 0.25) is 0 Å². The van der Waals surface area contributed by atoms with Gasteiger partial charge < -0.3 is 5.32 Å². The number of likely N-dealkylation sites (tertiary alicyclic amines) is 1. The van der Waals surface area contributed by atoms with E-state index in [4.69, 9.17) is 0 Å². The van der Waals surface area contributed by atoms with E-state index in [-0.39, 0.29) is 11.8 Å². The third-order valence-electron chi connectivity index (χ3n) is 5.45. The Labute approximate surface area is 171 Å². The number of hydrogen-bond donors (Lipinski definition) is 1. The predicted molar refractivity (Wildman–Crippen MR) is 116 cm³/mol. The molecular weight excluding hydrogens is 400 g/mol. The fourth-order valence-corrected chi connectivity index (χ4v) is 4.03. The quantitative estimate of drug-likeness (QED) is 0.658. The predicted octanol–water partition coefficient (Wildman–Crippen LogP) is 5.73. The van der Waals surface area contributed by atoms with Gasteiger partial charge in [-0.2, -0.15) is 0 Å². The van der Waals surface area contributed by atoms with E-state index in [1.54, 1.807) is 0 Å². The Bertz CT molecular complexity index is 777. The van der Waals surface area contributed by atoms with Crippen molar-refractivity contribution in [3.63, 3.8) is 0 Å². The van der Waals surface area contributed by atoms with Gasteiger partial charge >= 0.3 is 0 Å². The van der Waals surface area contributed by atoms with E-state index in [9.17, 15) is 4.79 Å². The molecular formula is C23H29BrN2O. The largest absolute Gasteiger partial charge is 0.325 e. The van der Waals surface area contributed by atoms with Gasteiger partial charge in [-0.1, -0.05) is 60.1 Å². The van der Waals surface area contributed by atoms with Crippen LogP contribution in [0, 0.1) is 12.8 Å². The van der Waals surface area contributed by atoms with Gasteiger partial charge in [-0.05, 0) is 67.6 Å². The van der Waals surface area contributed by atoms with Crippen LogP contribution in [0.25, 0.3) is 0 Å². The van der Waals surface area contributed by atoms with Crippen molar-refractivity contribution in [2.24, 2.45) is 5.92 Å². The molecule has 0 spiro atoms. The maximum Gasteiger partial charge on any atom is 0.227 e. The first-order chi connectivity index (χ1) is 12.9. The molecule has 1 amide bonds. The van der Waals surface area contributed by atoms with E-state index in [0.717, 1.165) is 48.2 Å². The minimum atomic E-state index is 0.103. The van der Waals surface area contributed by atoms with Crippen molar-refractivity contribution in [3.05, 3.63) is 63.6 Å². The fraction of sp³-hybridized carbons (Fsp3) is 0.435. The second-order valence-electron chi connectivity index (χ2n) is 7.86. The van der Waals surface area contributed by atoms with Gasteiger partial charge in [0.05, 0.1) is 0 Å². The Balaban J connectivity index is 1.57. The number of nitrogens with one attached hydrogen (secondary N) is 1. The first-order valence-electron chi connectivity index (χ1n) is 9.81. The summed E-state index contributed by atoms with van der Waals surface area (Å²) in [5, 5.41) is 3.24. The first-order valence-corrected chi connectivity index (χ1v) is 10.6. The molecule has 1 saturated heterocycles. The van der Waals surface area contributed by atoms with Crippen LogP contribution in [0.1, 0.15) is 49.3 Å². The molecule has 0 bridgehead atoms. The van der Waals surface area contributed by atoms with Crippen LogP contribution in [0.5, 0.6) is 0 Å². The van der Waals surface area contributed by atoms with Crippen LogP contribution in [0.3, 0.4) is 0 Å². The number of amides is 1. The Kier molecular flexibility index (Phi) is 6.72. The Morgan fingerprint density at radius 1 is 1.15 bits per heavy atom. The van der Waals surface area contributed by atoms with Crippen LogP contribution < -0.4 is 5.32 Å². The molecule has 1 N–H and O–H groups in total. The normalized spacial score (nSPS) is 15.9. The second-order valence-corrected chi connectivity index (χ2v) is 8.78. The van der Waals surface area contributed by atoms with Gasteiger partial charge in [0.1, 0.15) is 0 Å². The maximum atomic E-state index is 12.9. The lowest BCUT2D eigenvalue weighted by Crippen LogP contribution is -2.38. The highest BCUT2D eigenvalue weighted by molar-refractivity contribution is 9.10. The molecule has 4 heteroatoms. The maximum absolute atomic E-state index is 12.9. The van der Waals surface area contributed by atoms with Gasteiger partial charge in [0.15, 0.2) is 0 Å². The van der Waals surface area contributed by atoms with E-state index in [1.165, 1.54) is 11.1 Å². The number of nitrogens with zero attached hydrogens (tertiary/aromatic N) is 1. The molecule has 0 unspecified atom stereocenters. The molecule has 1 aliphatic heterocycles. The van der Waals surface area contributed by atoms with Gasteiger partial charge in [-0.15, -0.1) is 0 Å². The summed E-state index contributed by atoms with van der Waals surface area (Å²) in [5.74, 6) is 0.674. The lowest BCUT2D eigenvalue weighted by molar-refractivity contribution is -0.121. The lowest BCUT2D eigenvalue weighted by Gasteiger charge is -2.31. The smallest absolute Gasteiger partial charge is 0.227 e. The van der Waals surface area contributed by atoms with Crippen LogP contribution in [0.15, 0.2) is 46.9 Å². The van der Waals surface area contributed by atoms with Crippen molar-refractivity contribution < 1.29 is 4.79 Å². The minimum absolute atomic E-state index is 0.103. The highest BCUT2D eigenvalue weighted by Crippen LogP contribution is 2.29. The van der Waals surface area contributed by atoms with E-state index in [2.05, 4.69) is 89.4 Å². The van der Waals surface area contributed by atoms with E-state index in [1.807, 2.05) is 0 Å². The van der Waals surface area contributed by atoms with Gasteiger partial charge in [0.25, 0.3) is 0 Å². The van der Waals surface area contributed by atoms with Crippen LogP contribution in [-0.2, 0) is 11.3 Å². The molecule has 27 heavy (non-hydrogen) atoms. The number of carbonyl (C=O) groups is 1. The average Bonchev–Trinajstić information content (AvgIpc) is 2.65. The fourth-order valence-electron chi connectivity index (χ4n) is 3.77. The second kappa shape index (κ2) is 9.03. The van der Waals surface area contributed by atoms with Crippen LogP contribution in [0.4, 0.5) is 5.69 Å². The van der Waals surface area contributed by atoms with E-state index < -0.39 is 0 Å². The van der Waals surface area contributed by atoms with Crippen molar-refractivity contribution in [1.29, 1.82) is 0 Å². The molecule has 1 fully saturated rings. The van der Waals surface area contributed by atoms with Gasteiger partial charge in [0.2, 0.25) is 5.91 Å². The Morgan fingerprint density at radius 3 is 2.44 bits per heavy atom. The standard InChI is InChI=1S/C23H29BrN2O/c1-16(2)21-6-4-5-17(3)22(21)25-23(27)19-11-13-26(14-12-19)15-18-7-9-20(24)10-8-18/h4-10,16,19H,11-15H2,1-3H3,(H,25,27). The summed E-state index contributed by atoms with van der Waals surface area (Å²) >= 11 is 3.48. The zero-order valence-electron chi connectivity index (χ0n) is 16.5. The zero-order valence-corrected chi connectivity index (χ0v) is 18.1. The van der Waals surface area contributed by atoms with Gasteiger partial charge in [-0.25, -0.2) is 0 Å². The molecule has 1 heterocycles. The molecule has 0 aliphatic carbocycles. The molecule has 144 valence electrons. The number of hydrogen-bond acceptors (Lipinski definition) is 2. The molecule has 0 saturated carbocycles. The highest BCUT2D eigenvalue weighted by Gasteiger charge is 2.26. The number of anilines is 1. The summed E-state index contributed by atoms with van der Waals surface area (Å²) < 4.78 is 1.11. The number of para-hydroxylation sites is 1. The molecule has 3 rings (SSSR count). The summed E-state index contributed by atoms with van der Waals surface area (Å²) in [6, 6.07) is 14.8. The molecule has 2 aromatic rings. The molecule has 0 atom stereocenters. The molecule has 0 aromatic heterocycles. The zero-order chi connectivity index (χ0) is 19.4. The number of carbonyl (C=O) groups excluding carboxylic acids is 1. The number of benzene rings is 2. The molecule has 2 aromatic carbocycles. The number of aryl methyl sites for hydroxylation is 1. The SMILES string of the molecule is Cc1cccc(C(C)C)c1NC(=O)C1CCN(Cc2ccc(Br)cc2)CC1. The molecule has 3 nitrogen and oxygen atoms in total. The van der Waals surface area contributed by atoms with Crippen molar-refractivity contribution in [2.75, 3.05) is 18.4 Å². The van der Waals surface area contributed by atoms with Crippen LogP contribution >= 0.6 is 15.9 Å². The van der Waals surface area contributed by atoms with Gasteiger partial charge in [0, 0.05) is 22.6 Å². The summed E-state index contributed by atoms with van der Waals surface area (Å²) in [7, 11) is 0.